The first-order chi connectivity index (χ1) is 16.9. The van der Waals surface area contributed by atoms with E-state index in [1.54, 1.807) is 12.1 Å². The number of aromatic amines is 1. The summed E-state index contributed by atoms with van der Waals surface area (Å²) in [6.45, 7) is 14.9. The van der Waals surface area contributed by atoms with Gasteiger partial charge < -0.3 is 10.7 Å². The number of hydrogen-bond acceptors (Lipinski definition) is 6. The highest BCUT2D eigenvalue weighted by atomic mass is 32.2. The maximum atomic E-state index is 13.6. The summed E-state index contributed by atoms with van der Waals surface area (Å²) >= 11 is 0. The molecule has 3 heterocycles. The molecule has 4 aromatic rings. The Morgan fingerprint density at radius 3 is 2.08 bits per heavy atom. The third kappa shape index (κ3) is 6.72. The van der Waals surface area contributed by atoms with E-state index in [4.69, 9.17) is 20.3 Å². The number of nitrogens with zero attached hydrogens (tertiary/aromatic N) is 4. The molecule has 0 aliphatic rings. The molecule has 0 spiro atoms. The van der Waals surface area contributed by atoms with Gasteiger partial charge in [0, 0.05) is 17.0 Å². The van der Waals surface area contributed by atoms with Crippen molar-refractivity contribution in [1.29, 1.82) is 0 Å². The molecular weight excluding hydrogens is 495 g/mol. The Balaban J connectivity index is 0.000000695. The zero-order chi connectivity index (χ0) is 27.9. The number of halogens is 1. The van der Waals surface area contributed by atoms with E-state index in [1.165, 1.54) is 12.1 Å². The first-order valence-electron chi connectivity index (χ1n) is 11.8. The lowest BCUT2D eigenvalue weighted by Gasteiger charge is -2.29. The molecule has 0 amide bonds. The summed E-state index contributed by atoms with van der Waals surface area (Å²) in [6.07, 6.45) is 0.715. The number of aromatic nitrogens is 5. The summed E-state index contributed by atoms with van der Waals surface area (Å²) in [4.78, 5) is 17.9. The van der Waals surface area contributed by atoms with Crippen LogP contribution in [0.25, 0.3) is 33.8 Å². The van der Waals surface area contributed by atoms with Crippen molar-refractivity contribution in [2.24, 2.45) is 5.41 Å². The second-order valence-corrected chi connectivity index (χ2v) is 12.7. The highest BCUT2D eigenvalue weighted by molar-refractivity contribution is 7.85. The molecule has 1 aromatic carbocycles. The third-order valence-electron chi connectivity index (χ3n) is 5.99. The predicted octanol–water partition coefficient (Wildman–Crippen LogP) is 5.62. The Hall–Kier alpha value is -3.31. The van der Waals surface area contributed by atoms with Crippen LogP contribution in [0.5, 0.6) is 0 Å². The molecule has 37 heavy (non-hydrogen) atoms. The van der Waals surface area contributed by atoms with Crippen LogP contribution in [-0.2, 0) is 15.5 Å². The molecule has 0 bridgehead atoms. The minimum Gasteiger partial charge on any atom is -0.369 e. The molecule has 0 fully saturated rings. The van der Waals surface area contributed by atoms with Gasteiger partial charge in [-0.15, -0.1) is 0 Å². The molecule has 4 rings (SSSR count). The molecule has 200 valence electrons. The topological polar surface area (TPSA) is 140 Å². The lowest BCUT2D eigenvalue weighted by Crippen LogP contribution is -2.23. The van der Waals surface area contributed by atoms with Gasteiger partial charge in [-0.05, 0) is 48.7 Å². The van der Waals surface area contributed by atoms with Crippen molar-refractivity contribution in [3.8, 4) is 22.6 Å². The first kappa shape index (κ1) is 28.3. The summed E-state index contributed by atoms with van der Waals surface area (Å²) in [5.74, 6) is 1.01. The number of imidazole rings is 2. The van der Waals surface area contributed by atoms with Gasteiger partial charge in [-0.1, -0.05) is 41.5 Å². The molecular formula is C26H35FN6O3S. The van der Waals surface area contributed by atoms with Crippen LogP contribution in [0.3, 0.4) is 0 Å². The zero-order valence-electron chi connectivity index (χ0n) is 22.5. The second-order valence-electron chi connectivity index (χ2n) is 11.2. The summed E-state index contributed by atoms with van der Waals surface area (Å²) < 4.78 is 41.4. The van der Waals surface area contributed by atoms with Gasteiger partial charge in [0.15, 0.2) is 5.65 Å². The Morgan fingerprint density at radius 2 is 1.57 bits per heavy atom. The Labute approximate surface area is 217 Å². The fraction of sp³-hybridized carbons (Fsp3) is 0.423. The summed E-state index contributed by atoms with van der Waals surface area (Å²) in [6, 6.07) is 10.3. The van der Waals surface area contributed by atoms with Crippen LogP contribution in [0.1, 0.15) is 60.3 Å². The number of H-pyrrole nitrogens is 1. The average molecular weight is 531 g/mol. The lowest BCUT2D eigenvalue weighted by molar-refractivity contribution is 0.269. The van der Waals surface area contributed by atoms with Gasteiger partial charge in [-0.25, -0.2) is 19.3 Å². The molecule has 0 radical (unpaired) electrons. The van der Waals surface area contributed by atoms with E-state index >= 15 is 0 Å². The first-order valence-corrected chi connectivity index (χ1v) is 13.6. The summed E-state index contributed by atoms with van der Waals surface area (Å²) in [5, 5.41) is 0. The molecule has 0 saturated carbocycles. The summed E-state index contributed by atoms with van der Waals surface area (Å²) in [5.41, 5.74) is 10.7. The molecule has 0 unspecified atom stereocenters. The van der Waals surface area contributed by atoms with E-state index in [0.29, 0.717) is 12.2 Å². The van der Waals surface area contributed by atoms with E-state index in [9.17, 15) is 12.8 Å². The van der Waals surface area contributed by atoms with Gasteiger partial charge in [0.1, 0.15) is 17.2 Å². The van der Waals surface area contributed by atoms with E-state index in [1.807, 2.05) is 16.7 Å². The number of rotatable bonds is 3. The number of nitrogens with two attached hydrogens (primary N) is 1. The standard InChI is InChI=1S/C25H31FN6.CH4O3S/c1-14(24(2,3)4)32-21-18(29-23(32)27)13-12-17(28-21)20-19(15-8-10-16(26)11-9-15)30-22(31-20)25(5,6)7;1-5(2,3)4/h8-14H,1-7H3,(H2,27,29)(H,30,31);1H3,(H,2,3,4)/t14-;/m1./s1. The van der Waals surface area contributed by atoms with Crippen LogP contribution in [0.2, 0.25) is 0 Å². The number of benzene rings is 1. The fourth-order valence-electron chi connectivity index (χ4n) is 3.63. The van der Waals surface area contributed by atoms with Gasteiger partial charge >= 0.3 is 0 Å². The summed E-state index contributed by atoms with van der Waals surface area (Å²) in [7, 11) is -3.67. The van der Waals surface area contributed by atoms with Crippen LogP contribution in [-0.4, -0.2) is 43.7 Å². The van der Waals surface area contributed by atoms with Crippen LogP contribution in [0, 0.1) is 11.2 Å². The average Bonchev–Trinajstić information content (AvgIpc) is 3.32. The molecule has 0 aliphatic heterocycles. The predicted molar refractivity (Wildman–Crippen MR) is 145 cm³/mol. The maximum absolute atomic E-state index is 13.6. The number of fused-ring (bicyclic) bond motifs is 1. The highest BCUT2D eigenvalue weighted by Crippen LogP contribution is 2.37. The van der Waals surface area contributed by atoms with Crippen molar-refractivity contribution in [3.63, 3.8) is 0 Å². The van der Waals surface area contributed by atoms with E-state index in [0.717, 1.165) is 39.6 Å². The van der Waals surface area contributed by atoms with E-state index in [2.05, 4.69) is 58.4 Å². The Bertz CT molecular complexity index is 1500. The molecule has 9 nitrogen and oxygen atoms in total. The number of anilines is 1. The lowest BCUT2D eigenvalue weighted by atomic mass is 9.88. The monoisotopic (exact) mass is 530 g/mol. The third-order valence-corrected chi connectivity index (χ3v) is 5.99. The highest BCUT2D eigenvalue weighted by Gasteiger charge is 2.27. The molecule has 3 aromatic heterocycles. The fourth-order valence-corrected chi connectivity index (χ4v) is 3.63. The smallest absolute Gasteiger partial charge is 0.261 e. The number of hydrogen-bond donors (Lipinski definition) is 3. The maximum Gasteiger partial charge on any atom is 0.261 e. The zero-order valence-corrected chi connectivity index (χ0v) is 23.3. The van der Waals surface area contributed by atoms with Crippen LogP contribution in [0.15, 0.2) is 36.4 Å². The van der Waals surface area contributed by atoms with Crippen molar-refractivity contribution in [1.82, 2.24) is 24.5 Å². The molecule has 11 heteroatoms. The molecule has 1 atom stereocenters. The van der Waals surface area contributed by atoms with Gasteiger partial charge in [0.25, 0.3) is 10.1 Å². The minimum atomic E-state index is -3.67. The molecule has 4 N–H and O–H groups in total. The number of nitrogen functional groups attached to an aromatic ring is 1. The Kier molecular flexibility index (Phi) is 7.54. The SMILES string of the molecule is CS(=O)(=O)O.C[C@@H](n1c(N)nc2ccc(-c3[nH]c(C(C)(C)C)nc3-c3ccc(F)cc3)nc21)C(C)(C)C. The number of nitrogens with one attached hydrogen (secondary N) is 1. The largest absolute Gasteiger partial charge is 0.369 e. The van der Waals surface area contributed by atoms with Crippen LogP contribution < -0.4 is 5.73 Å². The van der Waals surface area contributed by atoms with E-state index in [-0.39, 0.29) is 22.7 Å². The van der Waals surface area contributed by atoms with Crippen molar-refractivity contribution < 1.29 is 17.4 Å². The van der Waals surface area contributed by atoms with Crippen LogP contribution in [0.4, 0.5) is 10.3 Å². The molecule has 0 saturated heterocycles. The van der Waals surface area contributed by atoms with Crippen LogP contribution >= 0.6 is 0 Å². The van der Waals surface area contributed by atoms with Gasteiger partial charge in [0.05, 0.1) is 23.3 Å². The van der Waals surface area contributed by atoms with Gasteiger partial charge in [-0.3, -0.25) is 9.12 Å². The van der Waals surface area contributed by atoms with Gasteiger partial charge in [-0.2, -0.15) is 8.42 Å². The van der Waals surface area contributed by atoms with Gasteiger partial charge in [0.2, 0.25) is 5.95 Å². The second kappa shape index (κ2) is 9.86. The van der Waals surface area contributed by atoms with Crippen molar-refractivity contribution in [3.05, 3.63) is 48.0 Å². The van der Waals surface area contributed by atoms with E-state index < -0.39 is 10.1 Å². The normalized spacial score (nSPS) is 13.4. The van der Waals surface area contributed by atoms with Crippen molar-refractivity contribution in [2.45, 2.75) is 59.9 Å². The van der Waals surface area contributed by atoms with Crippen molar-refractivity contribution >= 4 is 27.2 Å². The minimum absolute atomic E-state index is 0.0217. The van der Waals surface area contributed by atoms with Crippen molar-refractivity contribution in [2.75, 3.05) is 12.0 Å². The Morgan fingerprint density at radius 1 is 1.00 bits per heavy atom. The number of pyridine rings is 1. The molecule has 0 aliphatic carbocycles. The quantitative estimate of drug-likeness (QED) is 0.292.